The standard InChI is InChI=1S/C9H20N2O3S/c1-14-7-8-15(12,13)11-6-4-2-3-5-9(11)10/h9H,2-8,10H2,1H3. The van der Waals surface area contributed by atoms with Gasteiger partial charge in [0.2, 0.25) is 10.0 Å². The third kappa shape index (κ3) is 3.71. The lowest BCUT2D eigenvalue weighted by atomic mass is 10.2. The van der Waals surface area contributed by atoms with Crippen LogP contribution in [0, 0.1) is 0 Å². The summed E-state index contributed by atoms with van der Waals surface area (Å²) in [5.41, 5.74) is 5.84. The molecule has 0 aromatic carbocycles. The maximum atomic E-state index is 11.9. The third-order valence-electron chi connectivity index (χ3n) is 2.65. The van der Waals surface area contributed by atoms with E-state index in [2.05, 4.69) is 0 Å². The van der Waals surface area contributed by atoms with Crippen LogP contribution in [-0.2, 0) is 14.8 Å². The lowest BCUT2D eigenvalue weighted by Gasteiger charge is -2.25. The van der Waals surface area contributed by atoms with Crippen LogP contribution in [0.3, 0.4) is 0 Å². The molecule has 1 fully saturated rings. The quantitative estimate of drug-likeness (QED) is 0.752. The van der Waals surface area contributed by atoms with Crippen LogP contribution < -0.4 is 5.73 Å². The summed E-state index contributed by atoms with van der Waals surface area (Å²) in [4.78, 5) is 0. The number of rotatable bonds is 4. The SMILES string of the molecule is COCCS(=O)(=O)N1CCCCCC1N. The Bertz CT molecular complexity index is 279. The fourth-order valence-electron chi connectivity index (χ4n) is 1.76. The average Bonchev–Trinajstić information content (AvgIpc) is 2.40. The molecule has 0 spiro atoms. The Morgan fingerprint density at radius 1 is 1.40 bits per heavy atom. The molecule has 1 saturated heterocycles. The molecule has 1 aliphatic rings. The molecule has 0 aliphatic carbocycles. The minimum absolute atomic E-state index is 0.0250. The molecule has 0 amide bonds. The molecule has 15 heavy (non-hydrogen) atoms. The van der Waals surface area contributed by atoms with Crippen molar-refractivity contribution in [2.24, 2.45) is 5.73 Å². The predicted molar refractivity (Wildman–Crippen MR) is 58.8 cm³/mol. The summed E-state index contributed by atoms with van der Waals surface area (Å²) in [6.45, 7) is 0.777. The summed E-state index contributed by atoms with van der Waals surface area (Å²) in [7, 11) is -1.74. The average molecular weight is 236 g/mol. The van der Waals surface area contributed by atoms with E-state index in [9.17, 15) is 8.42 Å². The Morgan fingerprint density at radius 3 is 2.80 bits per heavy atom. The van der Waals surface area contributed by atoms with Crippen LogP contribution in [0.15, 0.2) is 0 Å². The summed E-state index contributed by atoms with van der Waals surface area (Å²) < 4.78 is 30.0. The van der Waals surface area contributed by atoms with Gasteiger partial charge in [-0.2, -0.15) is 4.31 Å². The smallest absolute Gasteiger partial charge is 0.217 e. The van der Waals surface area contributed by atoms with Crippen molar-refractivity contribution in [3.8, 4) is 0 Å². The van der Waals surface area contributed by atoms with Crippen molar-refractivity contribution < 1.29 is 13.2 Å². The number of nitrogens with zero attached hydrogens (tertiary/aromatic N) is 1. The van der Waals surface area contributed by atoms with Gasteiger partial charge in [-0.05, 0) is 12.8 Å². The van der Waals surface area contributed by atoms with Crippen LogP contribution in [0.5, 0.6) is 0 Å². The maximum absolute atomic E-state index is 11.9. The van der Waals surface area contributed by atoms with E-state index in [0.717, 1.165) is 25.7 Å². The normalized spacial score (nSPS) is 25.1. The summed E-state index contributed by atoms with van der Waals surface area (Å²) in [5, 5.41) is 0. The van der Waals surface area contributed by atoms with Crippen LogP contribution in [-0.4, -0.2) is 44.9 Å². The van der Waals surface area contributed by atoms with Crippen LogP contribution in [0.1, 0.15) is 25.7 Å². The lowest BCUT2D eigenvalue weighted by molar-refractivity contribution is 0.214. The van der Waals surface area contributed by atoms with Crippen LogP contribution in [0.25, 0.3) is 0 Å². The Labute approximate surface area is 91.6 Å². The van der Waals surface area contributed by atoms with E-state index in [1.807, 2.05) is 0 Å². The second-order valence-electron chi connectivity index (χ2n) is 3.84. The number of nitrogens with two attached hydrogens (primary N) is 1. The van der Waals surface area contributed by atoms with E-state index in [-0.39, 0.29) is 18.5 Å². The van der Waals surface area contributed by atoms with Gasteiger partial charge in [0.05, 0.1) is 18.5 Å². The highest BCUT2D eigenvalue weighted by Gasteiger charge is 2.28. The van der Waals surface area contributed by atoms with Crippen LogP contribution in [0.2, 0.25) is 0 Å². The molecule has 0 aromatic heterocycles. The minimum Gasteiger partial charge on any atom is -0.384 e. The van der Waals surface area contributed by atoms with E-state index < -0.39 is 10.0 Å². The van der Waals surface area contributed by atoms with Crippen molar-refractivity contribution >= 4 is 10.0 Å². The van der Waals surface area contributed by atoms with Gasteiger partial charge in [0.1, 0.15) is 0 Å². The molecule has 6 heteroatoms. The molecule has 0 saturated carbocycles. The number of methoxy groups -OCH3 is 1. The van der Waals surface area contributed by atoms with Crippen molar-refractivity contribution in [2.45, 2.75) is 31.8 Å². The molecule has 0 bridgehead atoms. The Kier molecular flexibility index (Phi) is 4.98. The van der Waals surface area contributed by atoms with Crippen LogP contribution >= 0.6 is 0 Å². The summed E-state index contributed by atoms with van der Waals surface area (Å²) in [6, 6.07) is 0. The molecule has 1 atom stereocenters. The minimum atomic E-state index is -3.23. The number of hydrogen-bond acceptors (Lipinski definition) is 4. The fraction of sp³-hybridized carbons (Fsp3) is 1.00. The van der Waals surface area contributed by atoms with Gasteiger partial charge in [-0.1, -0.05) is 12.8 Å². The Morgan fingerprint density at radius 2 is 2.13 bits per heavy atom. The van der Waals surface area contributed by atoms with Crippen molar-refractivity contribution in [1.29, 1.82) is 0 Å². The monoisotopic (exact) mass is 236 g/mol. The first-order valence-corrected chi connectivity index (χ1v) is 6.93. The molecule has 1 heterocycles. The molecule has 1 aliphatic heterocycles. The zero-order chi connectivity index (χ0) is 11.3. The molecule has 1 unspecified atom stereocenters. The number of ether oxygens (including phenoxy) is 1. The lowest BCUT2D eigenvalue weighted by Crippen LogP contribution is -2.46. The molecule has 0 radical (unpaired) electrons. The van der Waals surface area contributed by atoms with Gasteiger partial charge in [-0.15, -0.1) is 0 Å². The molecule has 5 nitrogen and oxygen atoms in total. The van der Waals surface area contributed by atoms with E-state index in [1.165, 1.54) is 11.4 Å². The van der Waals surface area contributed by atoms with Gasteiger partial charge in [0, 0.05) is 13.7 Å². The maximum Gasteiger partial charge on any atom is 0.217 e. The third-order valence-corrected chi connectivity index (χ3v) is 4.50. The Hall–Kier alpha value is -0.170. The van der Waals surface area contributed by atoms with Crippen molar-refractivity contribution in [3.05, 3.63) is 0 Å². The zero-order valence-corrected chi connectivity index (χ0v) is 10.0. The van der Waals surface area contributed by atoms with Crippen molar-refractivity contribution in [2.75, 3.05) is 26.0 Å². The highest BCUT2D eigenvalue weighted by Crippen LogP contribution is 2.17. The molecule has 1 rings (SSSR count). The topological polar surface area (TPSA) is 72.6 Å². The van der Waals surface area contributed by atoms with Gasteiger partial charge >= 0.3 is 0 Å². The highest BCUT2D eigenvalue weighted by molar-refractivity contribution is 7.89. The Balaban J connectivity index is 2.65. The predicted octanol–water partition coefficient (Wildman–Crippen LogP) is 0.123. The first kappa shape index (κ1) is 12.9. The van der Waals surface area contributed by atoms with Gasteiger partial charge in [-0.25, -0.2) is 8.42 Å². The van der Waals surface area contributed by atoms with E-state index in [1.54, 1.807) is 0 Å². The van der Waals surface area contributed by atoms with E-state index in [4.69, 9.17) is 10.5 Å². The van der Waals surface area contributed by atoms with Gasteiger partial charge in [-0.3, -0.25) is 0 Å². The summed E-state index contributed by atoms with van der Waals surface area (Å²) in [5.74, 6) is 0.0250. The first-order chi connectivity index (χ1) is 7.08. The zero-order valence-electron chi connectivity index (χ0n) is 9.18. The van der Waals surface area contributed by atoms with Gasteiger partial charge in [0.15, 0.2) is 0 Å². The first-order valence-electron chi connectivity index (χ1n) is 5.32. The molecule has 2 N–H and O–H groups in total. The number of sulfonamides is 1. The van der Waals surface area contributed by atoms with Gasteiger partial charge < -0.3 is 10.5 Å². The highest BCUT2D eigenvalue weighted by atomic mass is 32.2. The van der Waals surface area contributed by atoms with Gasteiger partial charge in [0.25, 0.3) is 0 Å². The molecule has 0 aromatic rings. The van der Waals surface area contributed by atoms with Crippen molar-refractivity contribution in [3.63, 3.8) is 0 Å². The second kappa shape index (κ2) is 5.79. The second-order valence-corrected chi connectivity index (χ2v) is 5.88. The van der Waals surface area contributed by atoms with Crippen LogP contribution in [0.4, 0.5) is 0 Å². The summed E-state index contributed by atoms with van der Waals surface area (Å²) >= 11 is 0. The molecule has 90 valence electrons. The molecular formula is C9H20N2O3S. The van der Waals surface area contributed by atoms with E-state index in [0.29, 0.717) is 6.54 Å². The van der Waals surface area contributed by atoms with Crippen molar-refractivity contribution in [1.82, 2.24) is 4.31 Å². The molecular weight excluding hydrogens is 216 g/mol. The summed E-state index contributed by atoms with van der Waals surface area (Å²) in [6.07, 6.45) is 3.38. The fourth-order valence-corrected chi connectivity index (χ4v) is 3.30. The largest absolute Gasteiger partial charge is 0.384 e. The number of hydrogen-bond donors (Lipinski definition) is 1. The van der Waals surface area contributed by atoms with E-state index >= 15 is 0 Å².